The molecule has 0 fully saturated rings. The summed E-state index contributed by atoms with van der Waals surface area (Å²) in [6.45, 7) is 1.28. The molecule has 5 nitrogen and oxygen atoms in total. The molecular formula is C10H18N4O. The molecule has 1 aromatic heterocycles. The smallest absolute Gasteiger partial charge is 0.223 e. The minimum atomic E-state index is 0.127. The third-order valence-corrected chi connectivity index (χ3v) is 2.26. The Morgan fingerprint density at radius 2 is 2.33 bits per heavy atom. The molecular weight excluding hydrogens is 192 g/mol. The average molecular weight is 210 g/mol. The number of carbonyl (C=O) groups excluding carboxylic acids is 1. The third kappa shape index (κ3) is 3.36. The molecule has 0 aliphatic heterocycles. The first-order chi connectivity index (χ1) is 7.15. The van der Waals surface area contributed by atoms with Crippen LogP contribution in [-0.4, -0.2) is 41.0 Å². The number of carbonyl (C=O) groups is 1. The highest BCUT2D eigenvalue weighted by atomic mass is 16.2. The van der Waals surface area contributed by atoms with Gasteiger partial charge in [0.05, 0.1) is 6.33 Å². The number of hydrogen-bond acceptors (Lipinski definition) is 3. The molecule has 0 saturated heterocycles. The number of hydrogen-bond donors (Lipinski definition) is 1. The zero-order valence-corrected chi connectivity index (χ0v) is 9.31. The van der Waals surface area contributed by atoms with Crippen LogP contribution in [0.4, 0.5) is 0 Å². The molecule has 1 aromatic rings. The summed E-state index contributed by atoms with van der Waals surface area (Å²) in [7, 11) is 3.52. The zero-order chi connectivity index (χ0) is 11.3. The molecule has 0 bridgehead atoms. The van der Waals surface area contributed by atoms with Gasteiger partial charge in [-0.05, 0) is 6.54 Å². The average Bonchev–Trinajstić information content (AvgIpc) is 2.62. The van der Waals surface area contributed by atoms with Crippen molar-refractivity contribution >= 4 is 5.91 Å². The Balaban J connectivity index is 2.50. The van der Waals surface area contributed by atoms with E-state index in [0.717, 1.165) is 12.1 Å². The van der Waals surface area contributed by atoms with E-state index in [0.29, 0.717) is 19.5 Å². The van der Waals surface area contributed by atoms with Crippen molar-refractivity contribution < 1.29 is 4.79 Å². The minimum Gasteiger partial charge on any atom is -0.349 e. The van der Waals surface area contributed by atoms with Crippen LogP contribution in [0.25, 0.3) is 0 Å². The lowest BCUT2D eigenvalue weighted by molar-refractivity contribution is -0.128. The van der Waals surface area contributed by atoms with Gasteiger partial charge in [0.2, 0.25) is 5.91 Å². The van der Waals surface area contributed by atoms with Gasteiger partial charge in [0.25, 0.3) is 0 Å². The van der Waals surface area contributed by atoms with Crippen molar-refractivity contribution in [2.45, 2.75) is 19.4 Å². The van der Waals surface area contributed by atoms with E-state index in [1.807, 2.05) is 4.57 Å². The quantitative estimate of drug-likeness (QED) is 0.736. The predicted octanol–water partition coefficient (Wildman–Crippen LogP) is -0.137. The summed E-state index contributed by atoms with van der Waals surface area (Å²) in [6.07, 6.45) is 4.85. The van der Waals surface area contributed by atoms with Crippen LogP contribution in [0.3, 0.4) is 0 Å². The van der Waals surface area contributed by atoms with Crippen molar-refractivity contribution in [1.29, 1.82) is 0 Å². The second-order valence-electron chi connectivity index (χ2n) is 3.66. The van der Waals surface area contributed by atoms with E-state index in [4.69, 9.17) is 5.73 Å². The van der Waals surface area contributed by atoms with E-state index in [-0.39, 0.29) is 5.91 Å². The van der Waals surface area contributed by atoms with E-state index in [1.54, 1.807) is 31.5 Å². The van der Waals surface area contributed by atoms with Gasteiger partial charge in [0, 0.05) is 45.4 Å². The van der Waals surface area contributed by atoms with Crippen LogP contribution in [0.1, 0.15) is 12.1 Å². The van der Waals surface area contributed by atoms with Crippen molar-refractivity contribution in [1.82, 2.24) is 14.5 Å². The highest BCUT2D eigenvalue weighted by Crippen LogP contribution is 2.02. The molecule has 5 heteroatoms. The van der Waals surface area contributed by atoms with Gasteiger partial charge < -0.3 is 15.2 Å². The Morgan fingerprint density at radius 1 is 1.60 bits per heavy atom. The molecule has 2 N–H and O–H groups in total. The molecule has 0 aliphatic carbocycles. The molecule has 84 valence electrons. The lowest BCUT2D eigenvalue weighted by atomic mass is 10.3. The number of imidazole rings is 1. The van der Waals surface area contributed by atoms with Crippen molar-refractivity contribution in [2.75, 3.05) is 20.6 Å². The maximum Gasteiger partial charge on any atom is 0.223 e. The Morgan fingerprint density at radius 3 is 2.93 bits per heavy atom. The van der Waals surface area contributed by atoms with Crippen molar-refractivity contribution in [3.63, 3.8) is 0 Å². The van der Waals surface area contributed by atoms with Crippen LogP contribution < -0.4 is 5.73 Å². The maximum atomic E-state index is 11.4. The summed E-state index contributed by atoms with van der Waals surface area (Å²) in [6, 6.07) is 0. The Labute approximate surface area is 89.9 Å². The van der Waals surface area contributed by atoms with Gasteiger partial charge in [-0.1, -0.05) is 0 Å². The highest BCUT2D eigenvalue weighted by Gasteiger charge is 2.06. The van der Waals surface area contributed by atoms with Gasteiger partial charge in [-0.3, -0.25) is 4.79 Å². The van der Waals surface area contributed by atoms with Crippen LogP contribution >= 0.6 is 0 Å². The zero-order valence-electron chi connectivity index (χ0n) is 9.31. The van der Waals surface area contributed by atoms with E-state index in [9.17, 15) is 4.79 Å². The van der Waals surface area contributed by atoms with Gasteiger partial charge >= 0.3 is 0 Å². The molecule has 0 aromatic carbocycles. The molecule has 1 heterocycles. The summed E-state index contributed by atoms with van der Waals surface area (Å²) >= 11 is 0. The molecule has 0 saturated carbocycles. The number of nitrogens with zero attached hydrogens (tertiary/aromatic N) is 3. The van der Waals surface area contributed by atoms with Crippen LogP contribution in [-0.2, 0) is 17.8 Å². The molecule has 1 amide bonds. The van der Waals surface area contributed by atoms with Crippen LogP contribution in [0, 0.1) is 0 Å². The fourth-order valence-electron chi connectivity index (χ4n) is 1.35. The molecule has 1 rings (SSSR count). The third-order valence-electron chi connectivity index (χ3n) is 2.26. The normalized spacial score (nSPS) is 10.3. The standard InChI is InChI=1S/C10H18N4O/c1-13(2)10(15)4-6-14-8-12-7-9(14)3-5-11/h7-8H,3-6,11H2,1-2H3. The minimum absolute atomic E-state index is 0.127. The lowest BCUT2D eigenvalue weighted by Crippen LogP contribution is -2.23. The number of nitrogens with two attached hydrogens (primary N) is 1. The van der Waals surface area contributed by atoms with Crippen molar-refractivity contribution in [2.24, 2.45) is 5.73 Å². The lowest BCUT2D eigenvalue weighted by Gasteiger charge is -2.11. The molecule has 0 unspecified atom stereocenters. The number of aromatic nitrogens is 2. The molecule has 0 aliphatic rings. The molecule has 0 spiro atoms. The van der Waals surface area contributed by atoms with Gasteiger partial charge in [-0.25, -0.2) is 4.98 Å². The number of rotatable bonds is 5. The van der Waals surface area contributed by atoms with Gasteiger partial charge in [-0.2, -0.15) is 0 Å². The van der Waals surface area contributed by atoms with Crippen LogP contribution in [0.15, 0.2) is 12.5 Å². The monoisotopic (exact) mass is 210 g/mol. The molecule has 15 heavy (non-hydrogen) atoms. The summed E-state index contributed by atoms with van der Waals surface area (Å²) < 4.78 is 1.98. The maximum absolute atomic E-state index is 11.4. The van der Waals surface area contributed by atoms with Crippen LogP contribution in [0.5, 0.6) is 0 Å². The topological polar surface area (TPSA) is 64.2 Å². The highest BCUT2D eigenvalue weighted by molar-refractivity contribution is 5.75. The first-order valence-corrected chi connectivity index (χ1v) is 5.04. The van der Waals surface area contributed by atoms with Gasteiger partial charge in [0.15, 0.2) is 0 Å². The van der Waals surface area contributed by atoms with Crippen molar-refractivity contribution in [3.05, 3.63) is 18.2 Å². The summed E-state index contributed by atoms with van der Waals surface area (Å²) in [5.74, 6) is 0.127. The van der Waals surface area contributed by atoms with E-state index >= 15 is 0 Å². The fourth-order valence-corrected chi connectivity index (χ4v) is 1.35. The summed E-state index contributed by atoms with van der Waals surface area (Å²) in [4.78, 5) is 17.0. The summed E-state index contributed by atoms with van der Waals surface area (Å²) in [5.41, 5.74) is 6.56. The fraction of sp³-hybridized carbons (Fsp3) is 0.600. The van der Waals surface area contributed by atoms with Crippen LogP contribution in [0.2, 0.25) is 0 Å². The van der Waals surface area contributed by atoms with E-state index in [1.165, 1.54) is 0 Å². The van der Waals surface area contributed by atoms with Crippen molar-refractivity contribution in [3.8, 4) is 0 Å². The number of aryl methyl sites for hydroxylation is 1. The summed E-state index contributed by atoms with van der Waals surface area (Å²) in [5, 5.41) is 0. The largest absolute Gasteiger partial charge is 0.349 e. The second kappa shape index (κ2) is 5.50. The van der Waals surface area contributed by atoms with Gasteiger partial charge in [-0.15, -0.1) is 0 Å². The first kappa shape index (κ1) is 11.7. The van der Waals surface area contributed by atoms with Gasteiger partial charge in [0.1, 0.15) is 0 Å². The number of amides is 1. The predicted molar refractivity (Wildman–Crippen MR) is 58.3 cm³/mol. The van der Waals surface area contributed by atoms with E-state index < -0.39 is 0 Å². The first-order valence-electron chi connectivity index (χ1n) is 5.04. The SMILES string of the molecule is CN(C)C(=O)CCn1cncc1CCN. The Kier molecular flexibility index (Phi) is 4.30. The van der Waals surface area contributed by atoms with E-state index in [2.05, 4.69) is 4.98 Å². The Hall–Kier alpha value is -1.36. The molecule has 0 atom stereocenters. The molecule has 0 radical (unpaired) electrons. The Bertz CT molecular complexity index is 319. The second-order valence-corrected chi connectivity index (χ2v) is 3.66.